The highest BCUT2D eigenvalue weighted by Crippen LogP contribution is 2.03. The number of rotatable bonds is 5. The van der Waals surface area contributed by atoms with Crippen molar-refractivity contribution in [2.45, 2.75) is 20.0 Å². The molecule has 0 bridgehead atoms. The summed E-state index contributed by atoms with van der Waals surface area (Å²) in [6.45, 7) is 4.19. The van der Waals surface area contributed by atoms with Gasteiger partial charge in [-0.2, -0.15) is 5.10 Å². The number of nitrogens with one attached hydrogen (secondary N) is 1. The molecule has 18 heavy (non-hydrogen) atoms. The molecule has 92 valence electrons. The molecular weight excluding hydrogens is 222 g/mol. The fourth-order valence-electron chi connectivity index (χ4n) is 1.71. The molecule has 0 aliphatic carbocycles. The van der Waals surface area contributed by atoms with Crippen LogP contribution in [0.25, 0.3) is 0 Å². The van der Waals surface area contributed by atoms with Gasteiger partial charge in [-0.05, 0) is 12.5 Å². The van der Waals surface area contributed by atoms with Crippen molar-refractivity contribution >= 4 is 0 Å². The number of hydrogen-bond acceptors (Lipinski definition) is 2. The molecule has 0 saturated heterocycles. The topological polar surface area (TPSA) is 29.9 Å². The van der Waals surface area contributed by atoms with Gasteiger partial charge in [0.2, 0.25) is 0 Å². The molecule has 3 heteroatoms. The normalized spacial score (nSPS) is 9.83. The van der Waals surface area contributed by atoms with E-state index in [-0.39, 0.29) is 0 Å². The number of benzene rings is 1. The first-order valence-corrected chi connectivity index (χ1v) is 6.04. The number of nitrogens with zero attached hydrogens (tertiary/aromatic N) is 2. The summed E-state index contributed by atoms with van der Waals surface area (Å²) in [5.41, 5.74) is 2.45. The maximum absolute atomic E-state index is 4.35. The minimum absolute atomic E-state index is 0.723. The molecule has 1 aromatic heterocycles. The molecule has 1 N–H and O–H groups in total. The Morgan fingerprint density at radius 2 is 2.06 bits per heavy atom. The average molecular weight is 239 g/mol. The largest absolute Gasteiger partial charge is 0.302 e. The highest BCUT2D eigenvalue weighted by molar-refractivity contribution is 5.15. The monoisotopic (exact) mass is 239 g/mol. The van der Waals surface area contributed by atoms with E-state index in [1.807, 2.05) is 36.0 Å². The molecule has 0 aliphatic rings. The van der Waals surface area contributed by atoms with Crippen molar-refractivity contribution in [1.29, 1.82) is 0 Å². The quantitative estimate of drug-likeness (QED) is 0.639. The maximum Gasteiger partial charge on any atom is 0.0659 e. The summed E-state index contributed by atoms with van der Waals surface area (Å²) < 4.78 is 1.96. The molecular formula is C15H17N3. The van der Waals surface area contributed by atoms with Gasteiger partial charge < -0.3 is 5.32 Å². The molecule has 0 radical (unpaired) electrons. The van der Waals surface area contributed by atoms with Gasteiger partial charge in [-0.3, -0.25) is 4.68 Å². The van der Waals surface area contributed by atoms with E-state index in [9.17, 15) is 0 Å². The summed E-state index contributed by atoms with van der Waals surface area (Å²) in [5.74, 6) is 5.84. The van der Waals surface area contributed by atoms with Gasteiger partial charge in [-0.1, -0.05) is 36.3 Å². The molecule has 0 aliphatic heterocycles. The Morgan fingerprint density at radius 3 is 2.83 bits per heavy atom. The molecule has 2 aromatic rings. The van der Waals surface area contributed by atoms with Crippen molar-refractivity contribution in [3.8, 4) is 11.8 Å². The molecule has 1 heterocycles. The lowest BCUT2D eigenvalue weighted by molar-refractivity contribution is 0.684. The summed E-state index contributed by atoms with van der Waals surface area (Å²) in [6.07, 6.45) is 3.97. The van der Waals surface area contributed by atoms with Crippen LogP contribution in [0.15, 0.2) is 42.7 Å². The van der Waals surface area contributed by atoms with Gasteiger partial charge in [0, 0.05) is 18.3 Å². The Balaban J connectivity index is 1.87. The van der Waals surface area contributed by atoms with Gasteiger partial charge in [0.1, 0.15) is 0 Å². The molecule has 1 aromatic carbocycles. The van der Waals surface area contributed by atoms with Crippen LogP contribution in [0.1, 0.15) is 18.1 Å². The van der Waals surface area contributed by atoms with Crippen LogP contribution in [0.4, 0.5) is 0 Å². The maximum atomic E-state index is 4.35. The van der Waals surface area contributed by atoms with Crippen molar-refractivity contribution in [3.63, 3.8) is 0 Å². The first-order chi connectivity index (χ1) is 8.88. The lowest BCUT2D eigenvalue weighted by atomic mass is 10.2. The van der Waals surface area contributed by atoms with E-state index in [2.05, 4.69) is 40.6 Å². The molecule has 0 fully saturated rings. The van der Waals surface area contributed by atoms with Gasteiger partial charge in [-0.15, -0.1) is 5.92 Å². The minimum atomic E-state index is 0.723. The fraction of sp³-hybridized carbons (Fsp3) is 0.267. The smallest absolute Gasteiger partial charge is 0.0659 e. The molecule has 0 atom stereocenters. The highest BCUT2D eigenvalue weighted by atomic mass is 15.3. The molecule has 0 spiro atoms. The van der Waals surface area contributed by atoms with Crippen LogP contribution in [0, 0.1) is 11.8 Å². The van der Waals surface area contributed by atoms with Gasteiger partial charge in [0.05, 0.1) is 19.3 Å². The molecule has 0 amide bonds. The number of aromatic nitrogens is 2. The van der Waals surface area contributed by atoms with E-state index in [1.165, 1.54) is 11.1 Å². The summed E-state index contributed by atoms with van der Waals surface area (Å²) >= 11 is 0. The van der Waals surface area contributed by atoms with Crippen molar-refractivity contribution in [1.82, 2.24) is 15.1 Å². The van der Waals surface area contributed by atoms with E-state index in [0.29, 0.717) is 0 Å². The van der Waals surface area contributed by atoms with Crippen LogP contribution in [-0.4, -0.2) is 16.3 Å². The lowest BCUT2D eigenvalue weighted by Crippen LogP contribution is -2.12. The summed E-state index contributed by atoms with van der Waals surface area (Å²) in [6, 6.07) is 10.3. The summed E-state index contributed by atoms with van der Waals surface area (Å²) in [7, 11) is 0. The van der Waals surface area contributed by atoms with Crippen LogP contribution in [0.3, 0.4) is 0 Å². The standard InChI is InChI=1S/C15H17N3/c1-2-3-9-16-10-15-11-17-18(13-15)12-14-7-5-4-6-8-14/h4-8,11,13,16H,9-10,12H2,1H3. The predicted molar refractivity (Wildman–Crippen MR) is 72.9 cm³/mol. The summed E-state index contributed by atoms with van der Waals surface area (Å²) in [4.78, 5) is 0. The van der Waals surface area contributed by atoms with Crippen LogP contribution >= 0.6 is 0 Å². The van der Waals surface area contributed by atoms with Crippen molar-refractivity contribution in [2.24, 2.45) is 0 Å². The third-order valence-corrected chi connectivity index (χ3v) is 2.59. The van der Waals surface area contributed by atoms with Crippen LogP contribution < -0.4 is 5.32 Å². The van der Waals surface area contributed by atoms with E-state index in [4.69, 9.17) is 0 Å². The molecule has 2 rings (SSSR count). The van der Waals surface area contributed by atoms with E-state index in [1.54, 1.807) is 0 Å². The molecule has 0 saturated carbocycles. The van der Waals surface area contributed by atoms with Gasteiger partial charge >= 0.3 is 0 Å². The van der Waals surface area contributed by atoms with Crippen LogP contribution in [-0.2, 0) is 13.1 Å². The van der Waals surface area contributed by atoms with E-state index >= 15 is 0 Å². The van der Waals surface area contributed by atoms with Crippen LogP contribution in [0.5, 0.6) is 0 Å². The van der Waals surface area contributed by atoms with Crippen LogP contribution in [0.2, 0.25) is 0 Å². The second kappa shape index (κ2) is 6.63. The fourth-order valence-corrected chi connectivity index (χ4v) is 1.71. The Morgan fingerprint density at radius 1 is 1.22 bits per heavy atom. The van der Waals surface area contributed by atoms with Gasteiger partial charge in [0.15, 0.2) is 0 Å². The minimum Gasteiger partial charge on any atom is -0.302 e. The van der Waals surface area contributed by atoms with Gasteiger partial charge in [0.25, 0.3) is 0 Å². The zero-order valence-electron chi connectivity index (χ0n) is 10.6. The third-order valence-electron chi connectivity index (χ3n) is 2.59. The second-order valence-corrected chi connectivity index (χ2v) is 4.06. The van der Waals surface area contributed by atoms with Crippen molar-refractivity contribution in [3.05, 3.63) is 53.9 Å². The Hall–Kier alpha value is -2.05. The zero-order valence-corrected chi connectivity index (χ0v) is 10.6. The highest BCUT2D eigenvalue weighted by Gasteiger charge is 1.98. The lowest BCUT2D eigenvalue weighted by Gasteiger charge is -2.01. The van der Waals surface area contributed by atoms with Crippen molar-refractivity contribution in [2.75, 3.05) is 6.54 Å². The predicted octanol–water partition coefficient (Wildman–Crippen LogP) is 2.04. The number of hydrogen-bond donors (Lipinski definition) is 1. The van der Waals surface area contributed by atoms with Crippen molar-refractivity contribution < 1.29 is 0 Å². The third kappa shape index (κ3) is 3.76. The molecule has 3 nitrogen and oxygen atoms in total. The Labute approximate surface area is 108 Å². The van der Waals surface area contributed by atoms with E-state index < -0.39 is 0 Å². The SMILES string of the molecule is CC#CCNCc1cnn(Cc2ccccc2)c1. The first-order valence-electron chi connectivity index (χ1n) is 6.04. The van der Waals surface area contributed by atoms with Gasteiger partial charge in [-0.25, -0.2) is 0 Å². The summed E-state index contributed by atoms with van der Waals surface area (Å²) in [5, 5.41) is 7.60. The molecule has 0 unspecified atom stereocenters. The Bertz CT molecular complexity index is 532. The Kier molecular flexibility index (Phi) is 4.57. The van der Waals surface area contributed by atoms with E-state index in [0.717, 1.165) is 19.6 Å². The first kappa shape index (κ1) is 12.4. The second-order valence-electron chi connectivity index (χ2n) is 4.06. The average Bonchev–Trinajstić information content (AvgIpc) is 2.84. The zero-order chi connectivity index (χ0) is 12.6.